The van der Waals surface area contributed by atoms with Gasteiger partial charge < -0.3 is 15.3 Å². The third-order valence-corrected chi connectivity index (χ3v) is 16.8. The zero-order valence-electron chi connectivity index (χ0n) is 44.4. The van der Waals surface area contributed by atoms with Crippen molar-refractivity contribution in [1.82, 2.24) is 0 Å². The van der Waals surface area contributed by atoms with Crippen LogP contribution in [0.1, 0.15) is 84.2 Å². The molecule has 0 amide bonds. The van der Waals surface area contributed by atoms with Gasteiger partial charge >= 0.3 is 17.9 Å². The number of benzene rings is 8. The van der Waals surface area contributed by atoms with Crippen LogP contribution in [0.2, 0.25) is 0 Å². The van der Waals surface area contributed by atoms with Gasteiger partial charge in [-0.15, -0.1) is 0 Å². The molecule has 0 unspecified atom stereocenters. The molecule has 6 N–H and O–H groups in total. The number of carbonyl (C=O) groups is 3. The summed E-state index contributed by atoms with van der Waals surface area (Å²) in [6, 6.07) is 54.8. The standard InChI is InChI=1S/C21H18N2O6S.C21H19NO4S.C19H23NO4S/c24-21(25)18-6-2-1-5-16(18)12-9-15-10-13-17(14-11-15)22-30(28,29)20-8-4-3-7-19(20)23(26)27;23-21(24)20-9-5-4-6-17(20)13-10-16-11-14-18(15-12-16)22-27(25,26)19-7-2-1-3-8-19;1-2-3-14-25(23,24)20-17-12-9-15(10-13-17)8-11-16-6-4-5-7-18(16)19(21)22/h1-8,10-11,13-14,22H,9,12H2,(H,24,25);1-9,11-12,14-15,22H,10,13H2,(H,23,24);4-7,9-10,12-13,20H,2-3,8,11,14H2,1H3,(H,21,22). The van der Waals surface area contributed by atoms with E-state index in [4.69, 9.17) is 0 Å². The highest BCUT2D eigenvalue weighted by molar-refractivity contribution is 7.93. The molecule has 0 saturated heterocycles. The minimum atomic E-state index is -4.13. The van der Waals surface area contributed by atoms with E-state index >= 15 is 0 Å². The molecule has 0 saturated carbocycles. The molecule has 0 aromatic heterocycles. The van der Waals surface area contributed by atoms with Crippen molar-refractivity contribution in [3.63, 3.8) is 0 Å². The molecular weight excluding hydrogens is 1110 g/mol. The molecule has 8 rings (SSSR count). The predicted octanol–water partition coefficient (Wildman–Crippen LogP) is 11.6. The number of nitro benzene ring substituents is 1. The normalized spacial score (nSPS) is 11.1. The van der Waals surface area contributed by atoms with Gasteiger partial charge in [-0.25, -0.2) is 39.6 Å². The Kier molecular flexibility index (Phi) is 22.2. The van der Waals surface area contributed by atoms with E-state index in [0.717, 1.165) is 40.3 Å². The molecule has 0 aliphatic carbocycles. The largest absolute Gasteiger partial charge is 0.478 e. The second-order valence-corrected chi connectivity index (χ2v) is 23.7. The molecule has 0 spiro atoms. The fraction of sp³-hybridized carbons (Fsp3) is 0.164. The summed E-state index contributed by atoms with van der Waals surface area (Å²) >= 11 is 0. The fourth-order valence-corrected chi connectivity index (χ4v) is 11.9. The van der Waals surface area contributed by atoms with Crippen LogP contribution in [-0.2, 0) is 68.6 Å². The summed E-state index contributed by atoms with van der Waals surface area (Å²) in [5, 5.41) is 38.8. The minimum absolute atomic E-state index is 0.122. The lowest BCUT2D eigenvalue weighted by Gasteiger charge is -2.10. The van der Waals surface area contributed by atoms with Gasteiger partial charge in [-0.3, -0.25) is 24.3 Å². The minimum Gasteiger partial charge on any atom is -0.478 e. The maximum Gasteiger partial charge on any atom is 0.335 e. The number of para-hydroxylation sites is 1. The van der Waals surface area contributed by atoms with E-state index in [1.54, 1.807) is 115 Å². The number of aromatic carboxylic acids is 3. The molecule has 8 aromatic rings. The summed E-state index contributed by atoms with van der Waals surface area (Å²) in [6.07, 6.45) is 5.12. The quantitative estimate of drug-likeness (QED) is 0.0242. The van der Waals surface area contributed by atoms with Crippen molar-refractivity contribution in [3.05, 3.63) is 260 Å². The number of nitrogens with zero attached hydrogens (tertiary/aromatic N) is 1. The van der Waals surface area contributed by atoms with Gasteiger partial charge in [0, 0.05) is 23.1 Å². The third-order valence-electron chi connectivity index (χ3n) is 12.6. The Bertz CT molecular complexity index is 3830. The Hall–Kier alpha value is -9.18. The maximum atomic E-state index is 12.6. The molecule has 21 heteroatoms. The number of nitrogens with one attached hydrogen (secondary N) is 3. The van der Waals surface area contributed by atoms with Crippen LogP contribution in [0.15, 0.2) is 210 Å². The number of carboxylic acids is 3. The third kappa shape index (κ3) is 18.7. The molecule has 0 bridgehead atoms. The van der Waals surface area contributed by atoms with Crippen LogP contribution in [0.3, 0.4) is 0 Å². The van der Waals surface area contributed by atoms with Gasteiger partial charge in [0.15, 0.2) is 4.90 Å². The molecule has 0 fully saturated rings. The molecule has 82 heavy (non-hydrogen) atoms. The van der Waals surface area contributed by atoms with E-state index in [-0.39, 0.29) is 21.9 Å². The van der Waals surface area contributed by atoms with Gasteiger partial charge in [-0.1, -0.05) is 135 Å². The molecular formula is C61H60N4O14S3. The number of anilines is 3. The Balaban J connectivity index is 0.000000199. The number of hydrogen-bond acceptors (Lipinski definition) is 11. The van der Waals surface area contributed by atoms with Crippen LogP contribution in [0.25, 0.3) is 0 Å². The van der Waals surface area contributed by atoms with Crippen molar-refractivity contribution in [2.75, 3.05) is 19.9 Å². The lowest BCUT2D eigenvalue weighted by atomic mass is 10.00. The molecule has 0 aliphatic rings. The Morgan fingerprint density at radius 1 is 0.427 bits per heavy atom. The van der Waals surface area contributed by atoms with E-state index in [1.165, 1.54) is 30.3 Å². The van der Waals surface area contributed by atoms with Crippen molar-refractivity contribution in [1.29, 1.82) is 0 Å². The zero-order chi connectivity index (χ0) is 59.3. The van der Waals surface area contributed by atoms with Crippen LogP contribution in [0.5, 0.6) is 0 Å². The van der Waals surface area contributed by atoms with E-state index < -0.39 is 63.5 Å². The van der Waals surface area contributed by atoms with Gasteiger partial charge in [-0.05, 0) is 151 Å². The number of unbranched alkanes of at least 4 members (excludes halogenated alkanes) is 1. The second kappa shape index (κ2) is 29.3. The van der Waals surface area contributed by atoms with Crippen molar-refractivity contribution in [2.45, 2.75) is 68.1 Å². The van der Waals surface area contributed by atoms with Gasteiger partial charge in [0.05, 0.1) is 32.3 Å². The number of nitro groups is 1. The molecule has 426 valence electrons. The topological polar surface area (TPSA) is 294 Å². The first kappa shape index (κ1) is 62.0. The van der Waals surface area contributed by atoms with Crippen LogP contribution in [0.4, 0.5) is 22.7 Å². The Morgan fingerprint density at radius 2 is 0.768 bits per heavy atom. The number of hydrogen-bond donors (Lipinski definition) is 6. The first-order chi connectivity index (χ1) is 39.1. The number of carboxylic acid groups (broad SMARTS) is 3. The van der Waals surface area contributed by atoms with E-state index in [2.05, 4.69) is 14.2 Å². The van der Waals surface area contributed by atoms with Crippen LogP contribution < -0.4 is 14.2 Å². The van der Waals surface area contributed by atoms with Crippen LogP contribution in [0, 0.1) is 10.1 Å². The summed E-state index contributed by atoms with van der Waals surface area (Å²) in [4.78, 5) is 43.9. The molecule has 18 nitrogen and oxygen atoms in total. The van der Waals surface area contributed by atoms with Crippen molar-refractivity contribution >= 4 is 70.7 Å². The van der Waals surface area contributed by atoms with Gasteiger partial charge in [0.2, 0.25) is 10.0 Å². The van der Waals surface area contributed by atoms with Crippen molar-refractivity contribution < 1.29 is 59.9 Å². The predicted molar refractivity (Wildman–Crippen MR) is 315 cm³/mol. The fourth-order valence-electron chi connectivity index (χ4n) is 8.32. The molecule has 8 aromatic carbocycles. The lowest BCUT2D eigenvalue weighted by molar-refractivity contribution is -0.387. The Morgan fingerprint density at radius 3 is 1.15 bits per heavy atom. The molecule has 0 radical (unpaired) electrons. The number of aryl methyl sites for hydroxylation is 6. The lowest BCUT2D eigenvalue weighted by Crippen LogP contribution is -2.16. The monoisotopic (exact) mass is 1170 g/mol. The summed E-state index contributed by atoms with van der Waals surface area (Å²) in [5.41, 5.74) is 6.88. The van der Waals surface area contributed by atoms with E-state index in [1.807, 2.05) is 55.5 Å². The van der Waals surface area contributed by atoms with Gasteiger partial charge in [-0.2, -0.15) is 0 Å². The van der Waals surface area contributed by atoms with Crippen LogP contribution >= 0.6 is 0 Å². The van der Waals surface area contributed by atoms with Gasteiger partial charge in [0.1, 0.15) is 0 Å². The molecule has 0 aliphatic heterocycles. The smallest absolute Gasteiger partial charge is 0.335 e. The van der Waals surface area contributed by atoms with Crippen molar-refractivity contribution in [3.8, 4) is 0 Å². The molecule has 0 atom stereocenters. The zero-order valence-corrected chi connectivity index (χ0v) is 46.9. The number of sulfonamides is 3. The van der Waals surface area contributed by atoms with Crippen molar-refractivity contribution in [2.24, 2.45) is 0 Å². The van der Waals surface area contributed by atoms with Crippen LogP contribution in [-0.4, -0.2) is 69.2 Å². The average molecular weight is 1170 g/mol. The Labute approximate surface area is 476 Å². The highest BCUT2D eigenvalue weighted by atomic mass is 32.2. The summed E-state index contributed by atoms with van der Waals surface area (Å²) in [5.74, 6) is -2.72. The van der Waals surface area contributed by atoms with E-state index in [9.17, 15) is 65.1 Å². The highest BCUT2D eigenvalue weighted by Gasteiger charge is 2.25. The highest BCUT2D eigenvalue weighted by Crippen LogP contribution is 2.26. The first-order valence-electron chi connectivity index (χ1n) is 25.7. The first-order valence-corrected chi connectivity index (χ1v) is 30.3. The average Bonchev–Trinajstić information content (AvgIpc) is 3.57. The van der Waals surface area contributed by atoms with Gasteiger partial charge in [0.25, 0.3) is 25.7 Å². The second-order valence-electron chi connectivity index (χ2n) is 18.5. The number of rotatable bonds is 24. The summed E-state index contributed by atoms with van der Waals surface area (Å²) in [7, 11) is -11.0. The SMILES string of the molecule is CCCCS(=O)(=O)Nc1ccc(CCc2ccccc2C(=O)O)cc1.O=C(O)c1ccccc1CCc1ccc(NS(=O)(=O)c2ccccc2)cc1.O=C(O)c1ccccc1CCc1ccc(NS(=O)(=O)c2ccccc2[N+](=O)[O-])cc1. The molecule has 0 heterocycles. The summed E-state index contributed by atoms with van der Waals surface area (Å²) < 4.78 is 81.0. The van der Waals surface area contributed by atoms with E-state index in [0.29, 0.717) is 73.0 Å². The summed E-state index contributed by atoms with van der Waals surface area (Å²) in [6.45, 7) is 1.95. The maximum absolute atomic E-state index is 12.6.